The predicted octanol–water partition coefficient (Wildman–Crippen LogP) is 2.59. The lowest BCUT2D eigenvalue weighted by molar-refractivity contribution is 0.0684. The number of carboxylic acids is 1. The van der Waals surface area contributed by atoms with E-state index in [1.807, 2.05) is 30.3 Å². The van der Waals surface area contributed by atoms with Crippen molar-refractivity contribution >= 4 is 12.1 Å². The first-order chi connectivity index (χ1) is 11.6. The van der Waals surface area contributed by atoms with Crippen molar-refractivity contribution in [1.29, 1.82) is 0 Å². The van der Waals surface area contributed by atoms with Crippen molar-refractivity contribution in [3.63, 3.8) is 0 Å². The second-order valence-electron chi connectivity index (χ2n) is 5.77. The molecular formula is C17H19N3O4. The molecule has 0 bridgehead atoms. The Bertz CT molecular complexity index is 742. The maximum Gasteiger partial charge on any atom is 0.410 e. The van der Waals surface area contributed by atoms with Crippen LogP contribution in [0.25, 0.3) is 0 Å². The Hall–Kier alpha value is -2.83. The smallest absolute Gasteiger partial charge is 0.410 e. The van der Waals surface area contributed by atoms with E-state index in [4.69, 9.17) is 9.84 Å². The molecule has 126 valence electrons. The first-order valence-corrected chi connectivity index (χ1v) is 7.81. The van der Waals surface area contributed by atoms with E-state index in [1.54, 1.807) is 11.9 Å². The van der Waals surface area contributed by atoms with Crippen molar-refractivity contribution in [2.45, 2.75) is 25.5 Å². The highest BCUT2D eigenvalue weighted by Crippen LogP contribution is 2.32. The summed E-state index contributed by atoms with van der Waals surface area (Å²) >= 11 is 0. The molecule has 24 heavy (non-hydrogen) atoms. The van der Waals surface area contributed by atoms with Crippen LogP contribution < -0.4 is 0 Å². The van der Waals surface area contributed by atoms with E-state index >= 15 is 0 Å². The van der Waals surface area contributed by atoms with E-state index in [0.717, 1.165) is 18.4 Å². The lowest BCUT2D eigenvalue weighted by Crippen LogP contribution is -2.31. The number of hydrogen-bond acceptors (Lipinski definition) is 4. The fraction of sp³-hybridized carbons (Fsp3) is 0.353. The van der Waals surface area contributed by atoms with Gasteiger partial charge in [-0.2, -0.15) is 5.10 Å². The SMILES string of the molecule is Cn1nc(C2CCCN2C(=O)OCc2ccccc2)cc1C(=O)O. The Morgan fingerprint density at radius 2 is 2.08 bits per heavy atom. The molecule has 0 aliphatic carbocycles. The van der Waals surface area contributed by atoms with E-state index in [1.165, 1.54) is 10.7 Å². The summed E-state index contributed by atoms with van der Waals surface area (Å²) < 4.78 is 6.71. The van der Waals surface area contributed by atoms with Gasteiger partial charge in [-0.3, -0.25) is 9.58 Å². The van der Waals surface area contributed by atoms with Crippen LogP contribution in [-0.2, 0) is 18.4 Å². The monoisotopic (exact) mass is 329 g/mol. The third-order valence-corrected chi connectivity index (χ3v) is 4.15. The first-order valence-electron chi connectivity index (χ1n) is 7.81. The predicted molar refractivity (Wildman–Crippen MR) is 85.5 cm³/mol. The van der Waals surface area contributed by atoms with Gasteiger partial charge in [0.15, 0.2) is 0 Å². The Labute approximate surface area is 139 Å². The fourth-order valence-electron chi connectivity index (χ4n) is 2.95. The summed E-state index contributed by atoms with van der Waals surface area (Å²) in [4.78, 5) is 25.2. The quantitative estimate of drug-likeness (QED) is 0.932. The van der Waals surface area contributed by atoms with Crippen molar-refractivity contribution in [3.05, 3.63) is 53.3 Å². The van der Waals surface area contributed by atoms with Crippen LogP contribution in [0.3, 0.4) is 0 Å². The third kappa shape index (κ3) is 3.24. The molecule has 1 saturated heterocycles. The molecule has 1 atom stereocenters. The number of amides is 1. The molecule has 0 radical (unpaired) electrons. The zero-order valence-corrected chi connectivity index (χ0v) is 13.4. The van der Waals surface area contributed by atoms with Crippen LogP contribution in [0.1, 0.15) is 40.6 Å². The molecule has 0 saturated carbocycles. The number of aromatic carboxylic acids is 1. The normalized spacial score (nSPS) is 17.0. The number of carbonyl (C=O) groups excluding carboxylic acids is 1. The minimum absolute atomic E-state index is 0.106. The van der Waals surface area contributed by atoms with Gasteiger partial charge in [-0.15, -0.1) is 0 Å². The molecule has 0 spiro atoms. The van der Waals surface area contributed by atoms with Crippen molar-refractivity contribution in [1.82, 2.24) is 14.7 Å². The second kappa shape index (κ2) is 6.74. The minimum atomic E-state index is -1.03. The number of likely N-dealkylation sites (tertiary alicyclic amines) is 1. The fourth-order valence-corrected chi connectivity index (χ4v) is 2.95. The first kappa shape index (κ1) is 16.0. The number of rotatable bonds is 4. The van der Waals surface area contributed by atoms with Crippen molar-refractivity contribution < 1.29 is 19.4 Å². The third-order valence-electron chi connectivity index (χ3n) is 4.15. The number of hydrogen-bond donors (Lipinski definition) is 1. The topological polar surface area (TPSA) is 84.7 Å². The highest BCUT2D eigenvalue weighted by atomic mass is 16.6. The molecule has 1 amide bonds. The number of aromatic nitrogens is 2. The van der Waals surface area contributed by atoms with Crippen LogP contribution in [0.15, 0.2) is 36.4 Å². The lowest BCUT2D eigenvalue weighted by atomic mass is 10.1. The van der Waals surface area contributed by atoms with Crippen LogP contribution in [0.5, 0.6) is 0 Å². The summed E-state index contributed by atoms with van der Waals surface area (Å²) in [5.74, 6) is -1.03. The molecule has 1 aliphatic rings. The van der Waals surface area contributed by atoms with Gasteiger partial charge < -0.3 is 9.84 Å². The van der Waals surface area contributed by atoms with Gasteiger partial charge >= 0.3 is 12.1 Å². The summed E-state index contributed by atoms with van der Waals surface area (Å²) in [6.45, 7) is 0.794. The van der Waals surface area contributed by atoms with Gasteiger partial charge in [0.25, 0.3) is 0 Å². The van der Waals surface area contributed by atoms with Crippen molar-refractivity contribution in [2.75, 3.05) is 6.54 Å². The van der Waals surface area contributed by atoms with Gasteiger partial charge in [-0.25, -0.2) is 9.59 Å². The maximum absolute atomic E-state index is 12.4. The van der Waals surface area contributed by atoms with Gasteiger partial charge in [-0.05, 0) is 24.5 Å². The molecule has 1 fully saturated rings. The molecule has 2 heterocycles. The number of ether oxygens (including phenoxy) is 1. The van der Waals surface area contributed by atoms with Crippen LogP contribution in [0.2, 0.25) is 0 Å². The Balaban J connectivity index is 1.69. The molecule has 1 N–H and O–H groups in total. The minimum Gasteiger partial charge on any atom is -0.477 e. The van der Waals surface area contributed by atoms with E-state index in [0.29, 0.717) is 12.2 Å². The number of benzene rings is 1. The summed E-state index contributed by atoms with van der Waals surface area (Å²) in [7, 11) is 1.58. The highest BCUT2D eigenvalue weighted by Gasteiger charge is 2.33. The summed E-state index contributed by atoms with van der Waals surface area (Å²) in [5, 5.41) is 13.4. The lowest BCUT2D eigenvalue weighted by Gasteiger charge is -2.22. The number of nitrogens with zero attached hydrogens (tertiary/aromatic N) is 3. The van der Waals surface area contributed by atoms with E-state index in [-0.39, 0.29) is 18.3 Å². The van der Waals surface area contributed by atoms with Crippen LogP contribution in [0.4, 0.5) is 4.79 Å². The van der Waals surface area contributed by atoms with Crippen molar-refractivity contribution in [2.24, 2.45) is 7.05 Å². The average Bonchev–Trinajstić information content (AvgIpc) is 3.20. The van der Waals surface area contributed by atoms with Crippen LogP contribution >= 0.6 is 0 Å². The molecule has 7 heteroatoms. The summed E-state index contributed by atoms with van der Waals surface area (Å²) in [6, 6.07) is 10.8. The van der Waals surface area contributed by atoms with E-state index < -0.39 is 12.1 Å². The Morgan fingerprint density at radius 3 is 2.75 bits per heavy atom. The molecule has 1 aromatic heterocycles. The summed E-state index contributed by atoms with van der Waals surface area (Å²) in [6.07, 6.45) is 1.18. The van der Waals surface area contributed by atoms with Gasteiger partial charge in [0.1, 0.15) is 12.3 Å². The zero-order chi connectivity index (χ0) is 17.1. The van der Waals surface area contributed by atoms with Gasteiger partial charge in [0, 0.05) is 13.6 Å². The standard InChI is InChI=1S/C17H19N3O4/c1-19-15(16(21)22)10-13(18-19)14-8-5-9-20(14)17(23)24-11-12-6-3-2-4-7-12/h2-4,6-7,10,14H,5,8-9,11H2,1H3,(H,21,22). The van der Waals surface area contributed by atoms with E-state index in [9.17, 15) is 9.59 Å². The molecule has 1 aromatic carbocycles. The molecule has 1 aliphatic heterocycles. The van der Waals surface area contributed by atoms with Gasteiger partial charge in [0.2, 0.25) is 0 Å². The number of carboxylic acid groups (broad SMARTS) is 1. The second-order valence-corrected chi connectivity index (χ2v) is 5.77. The average molecular weight is 329 g/mol. The molecule has 7 nitrogen and oxygen atoms in total. The Kier molecular flexibility index (Phi) is 4.50. The maximum atomic E-state index is 12.4. The van der Waals surface area contributed by atoms with Gasteiger partial charge in [-0.1, -0.05) is 30.3 Å². The van der Waals surface area contributed by atoms with Crippen LogP contribution in [-0.4, -0.2) is 38.4 Å². The Morgan fingerprint density at radius 1 is 1.33 bits per heavy atom. The highest BCUT2D eigenvalue weighted by molar-refractivity contribution is 5.85. The molecule has 3 rings (SSSR count). The molecule has 2 aromatic rings. The number of aryl methyl sites for hydroxylation is 1. The zero-order valence-electron chi connectivity index (χ0n) is 13.4. The summed E-state index contributed by atoms with van der Waals surface area (Å²) in [5.41, 5.74) is 1.62. The molecular weight excluding hydrogens is 310 g/mol. The van der Waals surface area contributed by atoms with E-state index in [2.05, 4.69) is 5.10 Å². The molecule has 1 unspecified atom stereocenters. The van der Waals surface area contributed by atoms with Crippen molar-refractivity contribution in [3.8, 4) is 0 Å². The largest absolute Gasteiger partial charge is 0.477 e. The van der Waals surface area contributed by atoms with Gasteiger partial charge in [0.05, 0.1) is 11.7 Å². The number of carbonyl (C=O) groups is 2. The van der Waals surface area contributed by atoms with Crippen LogP contribution in [0, 0.1) is 0 Å².